The number of fused-ring (bicyclic) bond motifs is 2. The summed E-state index contributed by atoms with van der Waals surface area (Å²) in [4.78, 5) is 2.42. The van der Waals surface area contributed by atoms with Gasteiger partial charge in [-0.2, -0.15) is 0 Å². The Morgan fingerprint density at radius 2 is 0.754 bits per heavy atom. The van der Waals surface area contributed by atoms with E-state index in [0.717, 1.165) is 17.1 Å². The molecule has 10 aromatic carbocycles. The second-order valence-corrected chi connectivity index (χ2v) is 14.5. The van der Waals surface area contributed by atoms with Gasteiger partial charge in [-0.05, 0) is 114 Å². The molecule has 57 heavy (non-hydrogen) atoms. The number of hydrogen-bond donors (Lipinski definition) is 0. The van der Waals surface area contributed by atoms with Gasteiger partial charge in [0, 0.05) is 16.9 Å². The normalized spacial score (nSPS) is 11.2. The highest BCUT2D eigenvalue weighted by Crippen LogP contribution is 2.45. The molecular formula is C56H39N. The van der Waals surface area contributed by atoms with Crippen molar-refractivity contribution in [2.45, 2.75) is 0 Å². The Kier molecular flexibility index (Phi) is 8.95. The number of hydrogen-bond acceptors (Lipinski definition) is 1. The monoisotopic (exact) mass is 725 g/mol. The van der Waals surface area contributed by atoms with Crippen molar-refractivity contribution in [1.29, 1.82) is 0 Å². The quantitative estimate of drug-likeness (QED) is 0.151. The Hall–Kier alpha value is -7.48. The highest BCUT2D eigenvalue weighted by molar-refractivity contribution is 5.98. The molecule has 0 bridgehead atoms. The highest BCUT2D eigenvalue weighted by Gasteiger charge is 2.20. The Bertz CT molecular complexity index is 2990. The molecule has 0 saturated carbocycles. The average molecular weight is 726 g/mol. The third kappa shape index (κ3) is 6.66. The summed E-state index contributed by atoms with van der Waals surface area (Å²) >= 11 is 0. The van der Waals surface area contributed by atoms with Crippen molar-refractivity contribution in [3.8, 4) is 55.6 Å². The Morgan fingerprint density at radius 3 is 1.54 bits per heavy atom. The van der Waals surface area contributed by atoms with Crippen molar-refractivity contribution < 1.29 is 0 Å². The van der Waals surface area contributed by atoms with E-state index in [-0.39, 0.29) is 0 Å². The molecule has 0 aliphatic carbocycles. The molecule has 268 valence electrons. The molecule has 0 saturated heterocycles. The summed E-state index contributed by atoms with van der Waals surface area (Å²) in [6.45, 7) is 0. The Morgan fingerprint density at radius 1 is 0.228 bits per heavy atom. The fourth-order valence-electron chi connectivity index (χ4n) is 8.24. The van der Waals surface area contributed by atoms with Gasteiger partial charge in [-0.1, -0.05) is 194 Å². The number of rotatable bonds is 8. The van der Waals surface area contributed by atoms with Crippen LogP contribution < -0.4 is 4.90 Å². The van der Waals surface area contributed by atoms with Gasteiger partial charge in [0.25, 0.3) is 0 Å². The summed E-state index contributed by atoms with van der Waals surface area (Å²) in [6, 6.07) is 85.7. The zero-order valence-corrected chi connectivity index (χ0v) is 31.5. The number of nitrogens with zero attached hydrogens (tertiary/aromatic N) is 1. The molecule has 0 amide bonds. The molecular weight excluding hydrogens is 687 g/mol. The van der Waals surface area contributed by atoms with E-state index in [4.69, 9.17) is 0 Å². The van der Waals surface area contributed by atoms with E-state index in [1.165, 1.54) is 77.2 Å². The van der Waals surface area contributed by atoms with Crippen LogP contribution in [-0.4, -0.2) is 0 Å². The van der Waals surface area contributed by atoms with E-state index in [1.807, 2.05) is 0 Å². The molecule has 0 aromatic heterocycles. The SMILES string of the molecule is c1ccc(-c2ccc(N(c3ccc(-c4ccccc4-c4ccc5ccccc5c4)cc3)c3cccc(-c4cccc5ccccc45)c3)c(-c3ccccc3)c2)cc1. The summed E-state index contributed by atoms with van der Waals surface area (Å²) in [7, 11) is 0. The first-order valence-corrected chi connectivity index (χ1v) is 19.6. The van der Waals surface area contributed by atoms with Crippen molar-refractivity contribution in [3.05, 3.63) is 237 Å². The maximum atomic E-state index is 2.42. The predicted octanol–water partition coefficient (Wildman–Crippen LogP) is 15.8. The van der Waals surface area contributed by atoms with Gasteiger partial charge in [-0.15, -0.1) is 0 Å². The standard InChI is InChI=1S/C56H39N/c1-3-15-40(16-4-1)46-33-36-56(55(39-46)43-18-5-2-6-19-43)57(50-24-13-23-47(38-50)54-28-14-22-42-20-9-10-25-51(42)54)49-34-31-44(32-35-49)52-26-11-12-27-53(52)48-30-29-41-17-7-8-21-45(41)37-48/h1-39H. The summed E-state index contributed by atoms with van der Waals surface area (Å²) < 4.78 is 0. The van der Waals surface area contributed by atoms with Gasteiger partial charge in [0.2, 0.25) is 0 Å². The van der Waals surface area contributed by atoms with Crippen LogP contribution in [0.1, 0.15) is 0 Å². The Labute approximate surface area is 334 Å². The molecule has 0 atom stereocenters. The van der Waals surface area contributed by atoms with Crippen LogP contribution in [0.2, 0.25) is 0 Å². The molecule has 0 fully saturated rings. The largest absolute Gasteiger partial charge is 0.310 e. The zero-order chi connectivity index (χ0) is 38.0. The lowest BCUT2D eigenvalue weighted by atomic mass is 9.93. The molecule has 0 aliphatic rings. The maximum Gasteiger partial charge on any atom is 0.0540 e. The minimum absolute atomic E-state index is 1.08. The van der Waals surface area contributed by atoms with Crippen LogP contribution in [0.3, 0.4) is 0 Å². The molecule has 1 heteroatoms. The fraction of sp³-hybridized carbons (Fsp3) is 0. The van der Waals surface area contributed by atoms with E-state index in [9.17, 15) is 0 Å². The lowest BCUT2D eigenvalue weighted by Crippen LogP contribution is -2.11. The number of benzene rings is 10. The molecule has 1 nitrogen and oxygen atoms in total. The van der Waals surface area contributed by atoms with E-state index in [2.05, 4.69) is 241 Å². The molecule has 0 N–H and O–H groups in total. The highest BCUT2D eigenvalue weighted by atomic mass is 15.1. The van der Waals surface area contributed by atoms with E-state index >= 15 is 0 Å². The molecule has 0 radical (unpaired) electrons. The molecule has 10 rings (SSSR count). The van der Waals surface area contributed by atoms with Gasteiger partial charge in [-0.25, -0.2) is 0 Å². The molecule has 10 aromatic rings. The molecule has 0 spiro atoms. The zero-order valence-electron chi connectivity index (χ0n) is 31.5. The van der Waals surface area contributed by atoms with Gasteiger partial charge >= 0.3 is 0 Å². The average Bonchev–Trinajstić information content (AvgIpc) is 3.30. The van der Waals surface area contributed by atoms with Crippen LogP contribution in [0.4, 0.5) is 17.1 Å². The maximum absolute atomic E-state index is 2.42. The van der Waals surface area contributed by atoms with Gasteiger partial charge < -0.3 is 4.90 Å². The van der Waals surface area contributed by atoms with E-state index in [0.29, 0.717) is 0 Å². The van der Waals surface area contributed by atoms with Gasteiger partial charge in [-0.3, -0.25) is 0 Å². The van der Waals surface area contributed by atoms with Crippen molar-refractivity contribution >= 4 is 38.6 Å². The van der Waals surface area contributed by atoms with Crippen molar-refractivity contribution in [3.63, 3.8) is 0 Å². The van der Waals surface area contributed by atoms with Crippen LogP contribution in [0.15, 0.2) is 237 Å². The first-order chi connectivity index (χ1) is 28.3. The summed E-state index contributed by atoms with van der Waals surface area (Å²) in [5.41, 5.74) is 15.2. The van der Waals surface area contributed by atoms with Crippen LogP contribution >= 0.6 is 0 Å². The second-order valence-electron chi connectivity index (χ2n) is 14.5. The van der Waals surface area contributed by atoms with E-state index < -0.39 is 0 Å². The lowest BCUT2D eigenvalue weighted by molar-refractivity contribution is 1.28. The smallest absolute Gasteiger partial charge is 0.0540 e. The molecule has 0 aliphatic heterocycles. The van der Waals surface area contributed by atoms with Gasteiger partial charge in [0.15, 0.2) is 0 Å². The van der Waals surface area contributed by atoms with Gasteiger partial charge in [0.05, 0.1) is 5.69 Å². The topological polar surface area (TPSA) is 3.24 Å². The summed E-state index contributed by atoms with van der Waals surface area (Å²) in [5, 5.41) is 4.98. The first-order valence-electron chi connectivity index (χ1n) is 19.6. The third-order valence-electron chi connectivity index (χ3n) is 11.1. The van der Waals surface area contributed by atoms with Crippen LogP contribution in [0, 0.1) is 0 Å². The second kappa shape index (κ2) is 15.0. The minimum Gasteiger partial charge on any atom is -0.310 e. The van der Waals surface area contributed by atoms with Crippen LogP contribution in [0.5, 0.6) is 0 Å². The van der Waals surface area contributed by atoms with Gasteiger partial charge in [0.1, 0.15) is 0 Å². The van der Waals surface area contributed by atoms with E-state index in [1.54, 1.807) is 0 Å². The summed E-state index contributed by atoms with van der Waals surface area (Å²) in [5.74, 6) is 0. The Balaban J connectivity index is 1.14. The first kappa shape index (κ1) is 34.0. The molecule has 0 heterocycles. The van der Waals surface area contributed by atoms with Crippen molar-refractivity contribution in [2.75, 3.05) is 4.90 Å². The minimum atomic E-state index is 1.08. The van der Waals surface area contributed by atoms with Crippen LogP contribution in [-0.2, 0) is 0 Å². The predicted molar refractivity (Wildman–Crippen MR) is 243 cm³/mol. The van der Waals surface area contributed by atoms with Crippen molar-refractivity contribution in [1.82, 2.24) is 0 Å². The van der Waals surface area contributed by atoms with Crippen molar-refractivity contribution in [2.24, 2.45) is 0 Å². The fourth-order valence-corrected chi connectivity index (χ4v) is 8.24. The molecule has 0 unspecified atom stereocenters. The summed E-state index contributed by atoms with van der Waals surface area (Å²) in [6.07, 6.45) is 0. The third-order valence-corrected chi connectivity index (χ3v) is 11.1. The lowest BCUT2D eigenvalue weighted by Gasteiger charge is -2.29. The number of anilines is 3. The van der Waals surface area contributed by atoms with Crippen LogP contribution in [0.25, 0.3) is 77.2 Å².